The monoisotopic (exact) mass is 488 g/mol. The second kappa shape index (κ2) is 8.74. The lowest BCUT2D eigenvalue weighted by atomic mass is 10.1. The van der Waals surface area contributed by atoms with Crippen LogP contribution in [-0.4, -0.2) is 46.3 Å². The Hall–Kier alpha value is -4.42. The van der Waals surface area contributed by atoms with Crippen molar-refractivity contribution >= 4 is 45.4 Å². The predicted molar refractivity (Wildman–Crippen MR) is 121 cm³/mol. The van der Waals surface area contributed by atoms with Crippen LogP contribution in [0.4, 0.5) is 30.8 Å². The predicted octanol–water partition coefficient (Wildman–Crippen LogP) is 4.00. The molecule has 0 aliphatic heterocycles. The van der Waals surface area contributed by atoms with E-state index in [1.54, 1.807) is 32.0 Å². The fourth-order valence-corrected chi connectivity index (χ4v) is 3.45. The summed E-state index contributed by atoms with van der Waals surface area (Å²) in [5, 5.41) is 3.50. The minimum absolute atomic E-state index is 0.0399. The van der Waals surface area contributed by atoms with Crippen LogP contribution >= 0.6 is 0 Å². The Morgan fingerprint density at radius 3 is 2.23 bits per heavy atom. The van der Waals surface area contributed by atoms with E-state index in [0.29, 0.717) is 33.7 Å². The van der Waals surface area contributed by atoms with E-state index in [4.69, 9.17) is 15.2 Å². The van der Waals surface area contributed by atoms with Gasteiger partial charge in [0.05, 0.1) is 36.3 Å². The van der Waals surface area contributed by atoms with E-state index < -0.39 is 18.0 Å². The number of rotatable bonds is 5. The van der Waals surface area contributed by atoms with Crippen molar-refractivity contribution in [3.63, 3.8) is 0 Å². The maximum atomic E-state index is 12.9. The number of carbonyl (C=O) groups excluding carboxylic acids is 1. The zero-order valence-corrected chi connectivity index (χ0v) is 18.9. The van der Waals surface area contributed by atoms with Gasteiger partial charge in [0.25, 0.3) is 0 Å². The van der Waals surface area contributed by atoms with E-state index in [1.165, 1.54) is 20.3 Å². The lowest BCUT2D eigenvalue weighted by molar-refractivity contribution is -0.189. The first-order chi connectivity index (χ1) is 16.5. The van der Waals surface area contributed by atoms with Crippen molar-refractivity contribution in [3.8, 4) is 17.4 Å². The van der Waals surface area contributed by atoms with E-state index in [1.807, 2.05) is 0 Å². The van der Waals surface area contributed by atoms with Gasteiger partial charge in [-0.15, -0.1) is 0 Å². The van der Waals surface area contributed by atoms with Gasteiger partial charge < -0.3 is 19.9 Å². The summed E-state index contributed by atoms with van der Waals surface area (Å²) in [7, 11) is 2.99. The summed E-state index contributed by atoms with van der Waals surface area (Å²) in [6, 6.07) is 6.27. The van der Waals surface area contributed by atoms with Crippen LogP contribution in [0.25, 0.3) is 21.8 Å². The highest BCUT2D eigenvalue weighted by Gasteiger charge is 2.42. The van der Waals surface area contributed by atoms with Gasteiger partial charge >= 0.3 is 12.1 Å². The Balaban J connectivity index is 1.82. The van der Waals surface area contributed by atoms with E-state index >= 15 is 0 Å². The number of hydrogen-bond acceptors (Lipinski definition) is 10. The van der Waals surface area contributed by atoms with Crippen molar-refractivity contribution in [3.05, 3.63) is 35.5 Å². The number of esters is 1. The number of fused-ring (bicyclic) bond motifs is 2. The van der Waals surface area contributed by atoms with Crippen molar-refractivity contribution in [2.75, 3.05) is 25.3 Å². The molecule has 0 aliphatic rings. The summed E-state index contributed by atoms with van der Waals surface area (Å²) in [5.41, 5.74) is 7.89. The Bertz CT molecular complexity index is 1480. The number of carbonyl (C=O) groups is 1. The van der Waals surface area contributed by atoms with Crippen molar-refractivity contribution in [1.29, 1.82) is 0 Å². The van der Waals surface area contributed by atoms with Crippen LogP contribution in [0, 0.1) is 13.8 Å². The van der Waals surface area contributed by atoms with Gasteiger partial charge in [-0.2, -0.15) is 18.2 Å². The lowest BCUT2D eigenvalue weighted by Gasteiger charge is -2.13. The maximum absolute atomic E-state index is 12.9. The molecule has 0 saturated heterocycles. The molecule has 0 radical (unpaired) electrons. The van der Waals surface area contributed by atoms with Gasteiger partial charge in [-0.05, 0) is 37.6 Å². The van der Waals surface area contributed by atoms with Crippen molar-refractivity contribution in [2.45, 2.75) is 20.0 Å². The quantitative estimate of drug-likeness (QED) is 0.313. The highest BCUT2D eigenvalue weighted by atomic mass is 19.4. The first-order valence-corrected chi connectivity index (χ1v) is 10.0. The van der Waals surface area contributed by atoms with Crippen molar-refractivity contribution in [2.24, 2.45) is 0 Å². The van der Waals surface area contributed by atoms with Gasteiger partial charge in [0, 0.05) is 17.1 Å². The van der Waals surface area contributed by atoms with Crippen LogP contribution < -0.4 is 25.3 Å². The Morgan fingerprint density at radius 2 is 1.57 bits per heavy atom. The zero-order chi connectivity index (χ0) is 25.5. The number of nitrogens with zero attached hydrogens (tertiary/aromatic N) is 4. The smallest absolute Gasteiger partial charge is 0.491 e. The molecule has 4 aromatic rings. The van der Waals surface area contributed by atoms with Gasteiger partial charge in [-0.1, -0.05) is 0 Å². The third-order valence-corrected chi connectivity index (χ3v) is 5.01. The summed E-state index contributed by atoms with van der Waals surface area (Å²) in [6.07, 6.45) is -5.22. The van der Waals surface area contributed by atoms with E-state index in [0.717, 1.165) is 0 Å². The minimum Gasteiger partial charge on any atom is -0.493 e. The van der Waals surface area contributed by atoms with Crippen LogP contribution in [0.1, 0.15) is 11.3 Å². The molecule has 0 spiro atoms. The Labute approximate surface area is 196 Å². The number of ether oxygens (including phenoxy) is 3. The number of hydrogen-bond donors (Lipinski definition) is 2. The van der Waals surface area contributed by atoms with E-state index in [-0.39, 0.29) is 28.5 Å². The van der Waals surface area contributed by atoms with Crippen LogP contribution in [0.15, 0.2) is 24.3 Å². The van der Waals surface area contributed by atoms with Crippen molar-refractivity contribution in [1.82, 2.24) is 19.9 Å². The summed E-state index contributed by atoms with van der Waals surface area (Å²) >= 11 is 0. The molecule has 0 saturated carbocycles. The first-order valence-electron chi connectivity index (χ1n) is 10.0. The Kier molecular flexibility index (Phi) is 5.92. The molecule has 0 atom stereocenters. The number of halogens is 3. The van der Waals surface area contributed by atoms with Crippen LogP contribution in [0.3, 0.4) is 0 Å². The van der Waals surface area contributed by atoms with Gasteiger partial charge in [-0.3, -0.25) is 5.32 Å². The summed E-state index contributed by atoms with van der Waals surface area (Å²) in [6.45, 7) is 3.40. The number of benzene rings is 2. The molecule has 35 heavy (non-hydrogen) atoms. The van der Waals surface area contributed by atoms with E-state index in [9.17, 15) is 18.0 Å². The molecule has 13 heteroatoms. The molecule has 2 aromatic heterocycles. The number of nitrogens with one attached hydrogen (secondary N) is 1. The molecule has 10 nitrogen and oxygen atoms in total. The number of aromatic nitrogens is 4. The number of anilines is 3. The summed E-state index contributed by atoms with van der Waals surface area (Å²) < 4.78 is 53.7. The van der Waals surface area contributed by atoms with Gasteiger partial charge in [0.1, 0.15) is 0 Å². The van der Waals surface area contributed by atoms with Crippen LogP contribution in [0.2, 0.25) is 0 Å². The number of methoxy groups -OCH3 is 2. The van der Waals surface area contributed by atoms with Crippen LogP contribution in [0.5, 0.6) is 17.4 Å². The zero-order valence-electron chi connectivity index (χ0n) is 18.9. The summed E-state index contributed by atoms with van der Waals surface area (Å²) in [5.74, 6) is -2.23. The van der Waals surface area contributed by atoms with Crippen molar-refractivity contribution < 1.29 is 32.2 Å². The highest BCUT2D eigenvalue weighted by Crippen LogP contribution is 2.34. The number of alkyl halides is 3. The molecule has 4 rings (SSSR count). The topological polar surface area (TPSA) is 134 Å². The molecular formula is C22H19F3N6O4. The first kappa shape index (κ1) is 23.7. The molecule has 0 amide bonds. The minimum atomic E-state index is -5.22. The average Bonchev–Trinajstić information content (AvgIpc) is 2.78. The molecule has 3 N–H and O–H groups in total. The third kappa shape index (κ3) is 4.65. The molecular weight excluding hydrogens is 469 g/mol. The second-order valence-electron chi connectivity index (χ2n) is 7.46. The maximum Gasteiger partial charge on any atom is 0.491 e. The molecule has 2 aromatic carbocycles. The van der Waals surface area contributed by atoms with Crippen LogP contribution in [-0.2, 0) is 4.79 Å². The molecule has 2 heterocycles. The molecule has 182 valence electrons. The van der Waals surface area contributed by atoms with E-state index in [2.05, 4.69) is 30.0 Å². The second-order valence-corrected chi connectivity index (χ2v) is 7.46. The lowest BCUT2D eigenvalue weighted by Crippen LogP contribution is -2.28. The average molecular weight is 488 g/mol. The highest BCUT2D eigenvalue weighted by molar-refractivity contribution is 5.92. The summed E-state index contributed by atoms with van der Waals surface area (Å²) in [4.78, 5) is 28.6. The number of nitrogen functional groups attached to an aromatic ring is 1. The molecule has 0 unspecified atom stereocenters. The fraction of sp³-hybridized carbons (Fsp3) is 0.227. The number of nitrogens with two attached hydrogens (primary N) is 1. The number of aryl methyl sites for hydroxylation is 2. The Morgan fingerprint density at radius 1 is 0.914 bits per heavy atom. The fourth-order valence-electron chi connectivity index (χ4n) is 3.45. The SMILES string of the molecule is COc1cc2nc(Nc3nc(OC(=O)C(F)(F)F)c4cc(N)cc(C)c4n3)nc(C)c2cc1OC. The third-order valence-electron chi connectivity index (χ3n) is 5.01. The van der Waals surface area contributed by atoms with Gasteiger partial charge in [-0.25, -0.2) is 19.7 Å². The largest absolute Gasteiger partial charge is 0.493 e. The van der Waals surface area contributed by atoms with Gasteiger partial charge in [0.15, 0.2) is 11.5 Å². The molecule has 0 fully saturated rings. The normalized spacial score (nSPS) is 11.5. The van der Waals surface area contributed by atoms with Gasteiger partial charge in [0.2, 0.25) is 17.8 Å². The standard InChI is InChI=1S/C22H19F3N6O4/c1-9-5-11(26)6-13-17(9)29-21(30-18(13)35-19(32)22(23,24)25)31-20-27-10(2)12-7-15(33-3)16(34-4)8-14(12)28-20/h5-8H,26H2,1-4H3,(H,27,28,29,30,31). The molecule has 0 aliphatic carbocycles. The molecule has 0 bridgehead atoms.